The van der Waals surface area contributed by atoms with E-state index in [4.69, 9.17) is 9.47 Å². The molecule has 0 fully saturated rings. The number of benzene rings is 2. The fourth-order valence-electron chi connectivity index (χ4n) is 2.18. The van der Waals surface area contributed by atoms with Crippen LogP contribution in [0.4, 0.5) is 5.69 Å². The van der Waals surface area contributed by atoms with Crippen LogP contribution in [0.2, 0.25) is 0 Å². The predicted molar refractivity (Wildman–Crippen MR) is 97.6 cm³/mol. The van der Waals surface area contributed by atoms with Crippen molar-refractivity contribution < 1.29 is 19.1 Å². The molecule has 0 aliphatic heterocycles. The maximum Gasteiger partial charge on any atom is 0.340 e. The van der Waals surface area contributed by atoms with E-state index in [1.165, 1.54) is 6.08 Å². The van der Waals surface area contributed by atoms with Gasteiger partial charge in [0, 0.05) is 0 Å². The minimum atomic E-state index is -0.611. The van der Waals surface area contributed by atoms with Gasteiger partial charge in [0.05, 0.1) is 25.0 Å². The molecule has 0 unspecified atom stereocenters. The molecule has 2 rings (SSSR count). The highest BCUT2D eigenvalue weighted by atomic mass is 16.5. The Hall–Kier alpha value is -3.59. The number of hydrogen-bond acceptors (Lipinski definition) is 5. The molecule has 0 saturated carbocycles. The van der Waals surface area contributed by atoms with Crippen molar-refractivity contribution in [1.82, 2.24) is 0 Å². The van der Waals surface area contributed by atoms with Crippen LogP contribution in [-0.4, -0.2) is 25.6 Å². The number of nitrogens with zero attached hydrogens (tertiary/aromatic N) is 1. The van der Waals surface area contributed by atoms with Crippen LogP contribution in [0.25, 0.3) is 6.08 Å². The Morgan fingerprint density at radius 1 is 1.15 bits per heavy atom. The molecule has 0 heterocycles. The van der Waals surface area contributed by atoms with Crippen LogP contribution in [-0.2, 0) is 9.53 Å². The highest BCUT2D eigenvalue weighted by Gasteiger charge is 2.16. The summed E-state index contributed by atoms with van der Waals surface area (Å²) in [7, 11) is 1.56. The van der Waals surface area contributed by atoms with Gasteiger partial charge >= 0.3 is 5.97 Å². The molecule has 0 saturated heterocycles. The van der Waals surface area contributed by atoms with E-state index in [1.54, 1.807) is 62.6 Å². The Balaban J connectivity index is 2.23. The number of amides is 1. The van der Waals surface area contributed by atoms with Crippen molar-refractivity contribution in [3.05, 3.63) is 65.2 Å². The first kappa shape index (κ1) is 18.7. The Kier molecular flexibility index (Phi) is 6.52. The molecule has 2 aromatic rings. The van der Waals surface area contributed by atoms with Crippen molar-refractivity contribution in [2.75, 3.05) is 19.0 Å². The largest absolute Gasteiger partial charge is 0.497 e. The summed E-state index contributed by atoms with van der Waals surface area (Å²) in [5.41, 5.74) is 1.10. The highest BCUT2D eigenvalue weighted by molar-refractivity contribution is 6.12. The van der Waals surface area contributed by atoms with Gasteiger partial charge in [-0.15, -0.1) is 0 Å². The van der Waals surface area contributed by atoms with Crippen LogP contribution < -0.4 is 10.1 Å². The number of carbonyl (C=O) groups is 2. The topological polar surface area (TPSA) is 88.4 Å². The van der Waals surface area contributed by atoms with E-state index < -0.39 is 11.9 Å². The molecule has 0 aromatic heterocycles. The number of methoxy groups -OCH3 is 1. The maximum absolute atomic E-state index is 12.4. The molecule has 132 valence electrons. The van der Waals surface area contributed by atoms with Crippen LogP contribution in [0.3, 0.4) is 0 Å². The quantitative estimate of drug-likeness (QED) is 0.490. The number of nitrogens with one attached hydrogen (secondary N) is 1. The first-order valence-electron chi connectivity index (χ1n) is 7.92. The Bertz CT molecular complexity index is 864. The molecular formula is C20H18N2O4. The number of carbonyl (C=O) groups excluding carboxylic acids is 2. The van der Waals surface area contributed by atoms with Gasteiger partial charge in [0.25, 0.3) is 5.91 Å². The number of nitriles is 1. The molecule has 0 atom stereocenters. The molecule has 0 bridgehead atoms. The first-order valence-corrected chi connectivity index (χ1v) is 7.92. The van der Waals surface area contributed by atoms with Crippen molar-refractivity contribution in [3.63, 3.8) is 0 Å². The lowest BCUT2D eigenvalue weighted by molar-refractivity contribution is -0.112. The van der Waals surface area contributed by atoms with Crippen LogP contribution in [0, 0.1) is 11.3 Å². The number of ether oxygens (including phenoxy) is 2. The lowest BCUT2D eigenvalue weighted by Crippen LogP contribution is -2.17. The zero-order chi connectivity index (χ0) is 18.9. The van der Waals surface area contributed by atoms with Gasteiger partial charge in [-0.05, 0) is 42.8 Å². The minimum Gasteiger partial charge on any atom is -0.497 e. The number of anilines is 1. The first-order chi connectivity index (χ1) is 12.6. The average Bonchev–Trinajstić information content (AvgIpc) is 2.67. The Morgan fingerprint density at radius 3 is 2.46 bits per heavy atom. The summed E-state index contributed by atoms with van der Waals surface area (Å²) in [5, 5.41) is 11.9. The Morgan fingerprint density at radius 2 is 1.85 bits per heavy atom. The van der Waals surface area contributed by atoms with E-state index in [9.17, 15) is 14.9 Å². The fraction of sp³-hybridized carbons (Fsp3) is 0.150. The van der Waals surface area contributed by atoms with Crippen LogP contribution in [0.5, 0.6) is 5.75 Å². The van der Waals surface area contributed by atoms with E-state index in [0.717, 1.165) is 0 Å². The second kappa shape index (κ2) is 9.04. The zero-order valence-electron chi connectivity index (χ0n) is 14.5. The predicted octanol–water partition coefficient (Wildman–Crippen LogP) is 3.42. The summed E-state index contributed by atoms with van der Waals surface area (Å²) in [6.07, 6.45) is 1.46. The Labute approximate surface area is 151 Å². The van der Waals surface area contributed by atoms with Gasteiger partial charge in [0.15, 0.2) is 0 Å². The molecule has 1 N–H and O–H groups in total. The third-order valence-electron chi connectivity index (χ3n) is 3.46. The minimum absolute atomic E-state index is 0.0890. The summed E-state index contributed by atoms with van der Waals surface area (Å²) in [6, 6.07) is 15.3. The van der Waals surface area contributed by atoms with E-state index >= 15 is 0 Å². The molecule has 26 heavy (non-hydrogen) atoms. The number of rotatable bonds is 6. The number of esters is 1. The van der Waals surface area contributed by atoms with Gasteiger partial charge in [-0.3, -0.25) is 4.79 Å². The van der Waals surface area contributed by atoms with Crippen molar-refractivity contribution in [1.29, 1.82) is 5.26 Å². The molecule has 2 aromatic carbocycles. The summed E-state index contributed by atoms with van der Waals surface area (Å²) in [4.78, 5) is 24.4. The second-order valence-electron chi connectivity index (χ2n) is 5.16. The van der Waals surface area contributed by atoms with Crippen molar-refractivity contribution in [2.24, 2.45) is 0 Å². The smallest absolute Gasteiger partial charge is 0.340 e. The van der Waals surface area contributed by atoms with Gasteiger partial charge in [-0.25, -0.2) is 4.79 Å². The van der Waals surface area contributed by atoms with Crippen LogP contribution in [0.1, 0.15) is 22.8 Å². The summed E-state index contributed by atoms with van der Waals surface area (Å²) < 4.78 is 10.0. The summed E-state index contributed by atoms with van der Waals surface area (Å²) >= 11 is 0. The summed E-state index contributed by atoms with van der Waals surface area (Å²) in [5.74, 6) is -0.477. The second-order valence-corrected chi connectivity index (χ2v) is 5.16. The standard InChI is InChI=1S/C20H18N2O4/c1-3-26-20(24)17-6-4-5-7-18(17)22-19(23)15(13-21)12-14-8-10-16(25-2)11-9-14/h4-12H,3H2,1-2H3,(H,22,23)/b15-12+. The third kappa shape index (κ3) is 4.71. The average molecular weight is 350 g/mol. The maximum atomic E-state index is 12.4. The van der Waals surface area contributed by atoms with Gasteiger partial charge in [-0.1, -0.05) is 24.3 Å². The third-order valence-corrected chi connectivity index (χ3v) is 3.46. The molecule has 0 aliphatic carbocycles. The van der Waals surface area contributed by atoms with Gasteiger partial charge in [0.1, 0.15) is 17.4 Å². The lowest BCUT2D eigenvalue weighted by Gasteiger charge is -2.10. The van der Waals surface area contributed by atoms with E-state index in [-0.39, 0.29) is 23.4 Å². The SMILES string of the molecule is CCOC(=O)c1ccccc1NC(=O)/C(C#N)=C/c1ccc(OC)cc1. The van der Waals surface area contributed by atoms with Crippen molar-refractivity contribution in [2.45, 2.75) is 6.92 Å². The molecule has 0 radical (unpaired) electrons. The lowest BCUT2D eigenvalue weighted by atomic mass is 10.1. The van der Waals surface area contributed by atoms with Crippen molar-refractivity contribution in [3.8, 4) is 11.8 Å². The molecule has 0 spiro atoms. The van der Waals surface area contributed by atoms with Gasteiger partial charge in [0.2, 0.25) is 0 Å². The molecule has 6 heteroatoms. The van der Waals surface area contributed by atoms with E-state index in [1.807, 2.05) is 6.07 Å². The molecule has 6 nitrogen and oxygen atoms in total. The monoisotopic (exact) mass is 350 g/mol. The number of para-hydroxylation sites is 1. The van der Waals surface area contributed by atoms with E-state index in [2.05, 4.69) is 5.32 Å². The van der Waals surface area contributed by atoms with Crippen LogP contribution >= 0.6 is 0 Å². The van der Waals surface area contributed by atoms with E-state index in [0.29, 0.717) is 11.3 Å². The molecule has 1 amide bonds. The van der Waals surface area contributed by atoms with Gasteiger partial charge in [-0.2, -0.15) is 5.26 Å². The van der Waals surface area contributed by atoms with Crippen LogP contribution in [0.15, 0.2) is 54.1 Å². The zero-order valence-corrected chi connectivity index (χ0v) is 14.5. The van der Waals surface area contributed by atoms with Gasteiger partial charge < -0.3 is 14.8 Å². The molecule has 0 aliphatic rings. The number of hydrogen-bond donors (Lipinski definition) is 1. The van der Waals surface area contributed by atoms with Crippen molar-refractivity contribution >= 4 is 23.6 Å². The fourth-order valence-corrected chi connectivity index (χ4v) is 2.18. The normalized spacial score (nSPS) is 10.6. The molecular weight excluding hydrogens is 332 g/mol. The summed E-state index contributed by atoms with van der Waals surface area (Å²) in [6.45, 7) is 1.92. The highest BCUT2D eigenvalue weighted by Crippen LogP contribution is 2.18.